The SMILES string of the molecule is CCc1oc(C(=O)N2CCC(O)(CO)CC2)cc1CN(CC)CC. The average Bonchev–Trinajstić information content (AvgIpc) is 3.02. The molecule has 1 saturated heterocycles. The standard InChI is InChI=1S/C18H30N2O4/c1-4-15-14(12-19(5-2)6-3)11-16(24-15)17(22)20-9-7-18(23,13-21)8-10-20/h11,21,23H,4-10,12-13H2,1-3H3. The van der Waals surface area contributed by atoms with E-state index >= 15 is 0 Å². The summed E-state index contributed by atoms with van der Waals surface area (Å²) in [5.41, 5.74) is 0.0241. The lowest BCUT2D eigenvalue weighted by molar-refractivity contribution is -0.0549. The number of piperidine rings is 1. The molecule has 24 heavy (non-hydrogen) atoms. The maximum Gasteiger partial charge on any atom is 0.289 e. The molecule has 2 heterocycles. The average molecular weight is 338 g/mol. The molecule has 2 rings (SSSR count). The number of hydrogen-bond donors (Lipinski definition) is 2. The maximum absolute atomic E-state index is 12.7. The van der Waals surface area contributed by atoms with Crippen LogP contribution in [0.4, 0.5) is 0 Å². The number of aryl methyl sites for hydroxylation is 1. The first kappa shape index (κ1) is 19.0. The molecule has 1 aromatic heterocycles. The molecule has 1 aliphatic rings. The van der Waals surface area contributed by atoms with Gasteiger partial charge in [-0.25, -0.2) is 0 Å². The van der Waals surface area contributed by atoms with Gasteiger partial charge in [-0.1, -0.05) is 20.8 Å². The van der Waals surface area contributed by atoms with Crippen molar-refractivity contribution in [2.24, 2.45) is 0 Å². The second-order valence-corrected chi connectivity index (χ2v) is 6.55. The van der Waals surface area contributed by atoms with E-state index in [4.69, 9.17) is 4.42 Å². The molecule has 0 aromatic carbocycles. The van der Waals surface area contributed by atoms with Gasteiger partial charge in [0.25, 0.3) is 5.91 Å². The van der Waals surface area contributed by atoms with E-state index in [-0.39, 0.29) is 12.5 Å². The monoisotopic (exact) mass is 338 g/mol. The van der Waals surface area contributed by atoms with Crippen LogP contribution in [0.15, 0.2) is 10.5 Å². The van der Waals surface area contributed by atoms with Gasteiger partial charge in [-0.2, -0.15) is 0 Å². The van der Waals surface area contributed by atoms with Gasteiger partial charge in [0.2, 0.25) is 0 Å². The third kappa shape index (κ3) is 4.18. The molecule has 0 saturated carbocycles. The van der Waals surface area contributed by atoms with Gasteiger partial charge in [0, 0.05) is 31.6 Å². The molecule has 0 atom stereocenters. The zero-order valence-electron chi connectivity index (χ0n) is 15.0. The highest BCUT2D eigenvalue weighted by Gasteiger charge is 2.34. The van der Waals surface area contributed by atoms with Gasteiger partial charge >= 0.3 is 0 Å². The highest BCUT2D eigenvalue weighted by atomic mass is 16.4. The van der Waals surface area contributed by atoms with Crippen LogP contribution < -0.4 is 0 Å². The summed E-state index contributed by atoms with van der Waals surface area (Å²) in [7, 11) is 0. The van der Waals surface area contributed by atoms with Gasteiger partial charge < -0.3 is 19.5 Å². The van der Waals surface area contributed by atoms with Crippen LogP contribution in [-0.4, -0.2) is 64.3 Å². The first-order valence-electron chi connectivity index (χ1n) is 8.92. The van der Waals surface area contributed by atoms with Crippen LogP contribution in [-0.2, 0) is 13.0 Å². The summed E-state index contributed by atoms with van der Waals surface area (Å²) in [5, 5.41) is 19.3. The van der Waals surface area contributed by atoms with E-state index in [0.29, 0.717) is 31.7 Å². The van der Waals surface area contributed by atoms with Gasteiger partial charge in [0.15, 0.2) is 5.76 Å². The normalized spacial score (nSPS) is 17.5. The number of nitrogens with zero attached hydrogens (tertiary/aromatic N) is 2. The predicted octanol–water partition coefficient (Wildman–Crippen LogP) is 1.64. The van der Waals surface area contributed by atoms with Crippen LogP contribution in [0, 0.1) is 0 Å². The maximum atomic E-state index is 12.7. The number of carbonyl (C=O) groups excluding carboxylic acids is 1. The van der Waals surface area contributed by atoms with E-state index in [1.54, 1.807) is 4.90 Å². The van der Waals surface area contributed by atoms with Gasteiger partial charge in [-0.05, 0) is 32.0 Å². The van der Waals surface area contributed by atoms with E-state index in [1.807, 2.05) is 13.0 Å². The summed E-state index contributed by atoms with van der Waals surface area (Å²) in [6, 6.07) is 1.87. The number of aliphatic hydroxyl groups excluding tert-OH is 1. The quantitative estimate of drug-likeness (QED) is 0.790. The smallest absolute Gasteiger partial charge is 0.289 e. The van der Waals surface area contributed by atoms with Gasteiger partial charge in [-0.3, -0.25) is 9.69 Å². The number of carbonyl (C=O) groups is 1. The second kappa shape index (κ2) is 8.14. The Morgan fingerprint density at radius 2 is 1.92 bits per heavy atom. The molecule has 136 valence electrons. The van der Waals surface area contributed by atoms with E-state index in [1.165, 1.54) is 0 Å². The molecule has 1 aliphatic heterocycles. The molecule has 0 spiro atoms. The molecule has 0 bridgehead atoms. The minimum absolute atomic E-state index is 0.129. The second-order valence-electron chi connectivity index (χ2n) is 6.55. The number of hydrogen-bond acceptors (Lipinski definition) is 5. The Hall–Kier alpha value is -1.37. The largest absolute Gasteiger partial charge is 0.456 e. The third-order valence-corrected chi connectivity index (χ3v) is 4.99. The lowest BCUT2D eigenvalue weighted by Crippen LogP contribution is -2.48. The fourth-order valence-corrected chi connectivity index (χ4v) is 3.13. The molecule has 1 aromatic rings. The zero-order valence-corrected chi connectivity index (χ0v) is 15.0. The van der Waals surface area contributed by atoms with Crippen LogP contribution in [0.1, 0.15) is 55.5 Å². The summed E-state index contributed by atoms with van der Waals surface area (Å²) in [4.78, 5) is 16.7. The van der Waals surface area contributed by atoms with Crippen LogP contribution in [0.3, 0.4) is 0 Å². The molecular weight excluding hydrogens is 308 g/mol. The number of likely N-dealkylation sites (tertiary alicyclic amines) is 1. The number of furan rings is 1. The number of aliphatic hydroxyl groups is 2. The highest BCUT2D eigenvalue weighted by molar-refractivity contribution is 5.92. The predicted molar refractivity (Wildman–Crippen MR) is 91.9 cm³/mol. The summed E-state index contributed by atoms with van der Waals surface area (Å²) in [6.07, 6.45) is 1.54. The fraction of sp³-hybridized carbons (Fsp3) is 0.722. The van der Waals surface area contributed by atoms with Gasteiger partial charge in [0.05, 0.1) is 12.2 Å². The highest BCUT2D eigenvalue weighted by Crippen LogP contribution is 2.25. The molecule has 2 N–H and O–H groups in total. The van der Waals surface area contributed by atoms with E-state index in [9.17, 15) is 15.0 Å². The molecule has 6 heteroatoms. The lowest BCUT2D eigenvalue weighted by Gasteiger charge is -2.36. The van der Waals surface area contributed by atoms with Crippen molar-refractivity contribution in [1.82, 2.24) is 9.80 Å². The molecule has 0 radical (unpaired) electrons. The fourth-order valence-electron chi connectivity index (χ4n) is 3.13. The van der Waals surface area contributed by atoms with Crippen molar-refractivity contribution in [2.45, 2.75) is 52.2 Å². The Balaban J connectivity index is 2.09. The lowest BCUT2D eigenvalue weighted by atomic mass is 9.92. The van der Waals surface area contributed by atoms with Crippen molar-refractivity contribution in [1.29, 1.82) is 0 Å². The van der Waals surface area contributed by atoms with Crippen molar-refractivity contribution in [3.05, 3.63) is 23.2 Å². The minimum atomic E-state index is -1.05. The van der Waals surface area contributed by atoms with Gasteiger partial charge in [-0.15, -0.1) is 0 Å². The Labute approximate surface area is 144 Å². The van der Waals surface area contributed by atoms with Gasteiger partial charge in [0.1, 0.15) is 5.76 Å². The summed E-state index contributed by atoms with van der Waals surface area (Å²) in [5.74, 6) is 1.12. The van der Waals surface area contributed by atoms with Crippen molar-refractivity contribution >= 4 is 5.91 Å². The summed E-state index contributed by atoms with van der Waals surface area (Å²) < 4.78 is 5.82. The van der Waals surface area contributed by atoms with E-state index < -0.39 is 5.60 Å². The number of amides is 1. The zero-order chi connectivity index (χ0) is 17.7. The van der Waals surface area contributed by atoms with Crippen molar-refractivity contribution in [3.63, 3.8) is 0 Å². The van der Waals surface area contributed by atoms with Crippen LogP contribution in [0.25, 0.3) is 0 Å². The van der Waals surface area contributed by atoms with Crippen molar-refractivity contribution < 1.29 is 19.4 Å². The van der Waals surface area contributed by atoms with Crippen molar-refractivity contribution in [2.75, 3.05) is 32.8 Å². The molecule has 1 fully saturated rings. The minimum Gasteiger partial charge on any atom is -0.456 e. The van der Waals surface area contributed by atoms with Crippen LogP contribution in [0.2, 0.25) is 0 Å². The van der Waals surface area contributed by atoms with Crippen molar-refractivity contribution in [3.8, 4) is 0 Å². The summed E-state index contributed by atoms with van der Waals surface area (Å²) in [6.45, 7) is 9.59. The number of rotatable bonds is 7. The first-order chi connectivity index (χ1) is 11.5. The molecule has 0 unspecified atom stereocenters. The Bertz CT molecular complexity index is 543. The van der Waals surface area contributed by atoms with E-state index in [0.717, 1.165) is 37.4 Å². The molecular formula is C18H30N2O4. The van der Waals surface area contributed by atoms with Crippen LogP contribution >= 0.6 is 0 Å². The Morgan fingerprint density at radius 1 is 1.29 bits per heavy atom. The topological polar surface area (TPSA) is 77.2 Å². The Morgan fingerprint density at radius 3 is 2.42 bits per heavy atom. The van der Waals surface area contributed by atoms with Crippen LogP contribution in [0.5, 0.6) is 0 Å². The first-order valence-corrected chi connectivity index (χ1v) is 8.92. The van der Waals surface area contributed by atoms with E-state index in [2.05, 4.69) is 18.7 Å². The Kier molecular flexibility index (Phi) is 6.43. The molecule has 0 aliphatic carbocycles. The summed E-state index contributed by atoms with van der Waals surface area (Å²) >= 11 is 0. The molecule has 1 amide bonds. The molecule has 6 nitrogen and oxygen atoms in total. The third-order valence-electron chi connectivity index (χ3n) is 4.99.